The van der Waals surface area contributed by atoms with Gasteiger partial charge in [0.1, 0.15) is 6.04 Å². The van der Waals surface area contributed by atoms with Crippen LogP contribution in [-0.4, -0.2) is 34.6 Å². The van der Waals surface area contributed by atoms with Gasteiger partial charge < -0.3 is 10.2 Å². The number of hydrogen-bond donors (Lipinski definition) is 1. The highest BCUT2D eigenvalue weighted by Gasteiger charge is 2.32. The number of aryl methyl sites for hydroxylation is 1. The smallest absolute Gasteiger partial charge is 0.243 e. The SMILES string of the molecule is Cc1cccc(CN(C(=O)CSCc2c(Cl)cccc2Cl)C(Cc2ccccc2)C(=O)NC2CCCC2)c1. The van der Waals surface area contributed by atoms with Gasteiger partial charge in [0.2, 0.25) is 11.8 Å². The minimum Gasteiger partial charge on any atom is -0.352 e. The minimum atomic E-state index is -0.615. The van der Waals surface area contributed by atoms with Crippen LogP contribution in [0.25, 0.3) is 0 Å². The summed E-state index contributed by atoms with van der Waals surface area (Å²) in [5.74, 6) is 0.568. The molecule has 0 aliphatic heterocycles. The van der Waals surface area contributed by atoms with E-state index in [1.165, 1.54) is 11.8 Å². The molecule has 1 aliphatic rings. The lowest BCUT2D eigenvalue weighted by Crippen LogP contribution is -2.52. The van der Waals surface area contributed by atoms with Crippen molar-refractivity contribution in [3.8, 4) is 0 Å². The molecule has 0 saturated heterocycles. The number of amides is 2. The Balaban J connectivity index is 1.58. The van der Waals surface area contributed by atoms with E-state index in [4.69, 9.17) is 23.2 Å². The van der Waals surface area contributed by atoms with Crippen molar-refractivity contribution < 1.29 is 9.59 Å². The topological polar surface area (TPSA) is 49.4 Å². The number of thioether (sulfide) groups is 1. The highest BCUT2D eigenvalue weighted by atomic mass is 35.5. The van der Waals surface area contributed by atoms with Crippen molar-refractivity contribution >= 4 is 46.8 Å². The van der Waals surface area contributed by atoms with Gasteiger partial charge in [0, 0.05) is 34.8 Å². The van der Waals surface area contributed by atoms with Crippen LogP contribution in [-0.2, 0) is 28.3 Å². The number of carbonyl (C=O) groups excluding carboxylic acids is 2. The Labute approximate surface area is 240 Å². The molecule has 3 aromatic rings. The van der Waals surface area contributed by atoms with E-state index in [1.54, 1.807) is 17.0 Å². The first kappa shape index (κ1) is 28.5. The molecule has 0 heterocycles. The van der Waals surface area contributed by atoms with Gasteiger partial charge in [-0.05, 0) is 48.6 Å². The molecule has 0 spiro atoms. The molecule has 0 bridgehead atoms. The van der Waals surface area contributed by atoms with E-state index in [1.807, 2.05) is 61.5 Å². The molecular formula is C31H34Cl2N2O2S. The second-order valence-electron chi connectivity index (χ2n) is 9.90. The lowest BCUT2D eigenvalue weighted by Gasteiger charge is -2.32. The van der Waals surface area contributed by atoms with Gasteiger partial charge in [-0.15, -0.1) is 11.8 Å². The summed E-state index contributed by atoms with van der Waals surface area (Å²) in [6.45, 7) is 2.40. The van der Waals surface area contributed by atoms with E-state index in [9.17, 15) is 9.59 Å². The number of halogens is 2. The molecule has 1 N–H and O–H groups in total. The summed E-state index contributed by atoms with van der Waals surface area (Å²) in [5.41, 5.74) is 3.96. The Bertz CT molecular complexity index is 1210. The van der Waals surface area contributed by atoms with Crippen molar-refractivity contribution in [2.75, 3.05) is 5.75 Å². The number of carbonyl (C=O) groups is 2. The molecule has 1 unspecified atom stereocenters. The minimum absolute atomic E-state index is 0.0813. The number of rotatable bonds is 11. The fourth-order valence-electron chi connectivity index (χ4n) is 4.92. The van der Waals surface area contributed by atoms with Crippen LogP contribution in [0.3, 0.4) is 0 Å². The van der Waals surface area contributed by atoms with Gasteiger partial charge in [-0.1, -0.05) is 102 Å². The van der Waals surface area contributed by atoms with Crippen molar-refractivity contribution in [1.82, 2.24) is 10.2 Å². The number of nitrogens with one attached hydrogen (secondary N) is 1. The van der Waals surface area contributed by atoms with Gasteiger partial charge in [-0.2, -0.15) is 0 Å². The van der Waals surface area contributed by atoms with Crippen molar-refractivity contribution in [3.63, 3.8) is 0 Å². The molecule has 1 aliphatic carbocycles. The molecule has 1 fully saturated rings. The average molecular weight is 570 g/mol. The highest BCUT2D eigenvalue weighted by molar-refractivity contribution is 7.99. The molecule has 4 nitrogen and oxygen atoms in total. The Kier molecular flexibility index (Phi) is 10.6. The molecule has 1 atom stereocenters. The van der Waals surface area contributed by atoms with Gasteiger partial charge in [0.25, 0.3) is 0 Å². The van der Waals surface area contributed by atoms with Crippen molar-refractivity contribution in [2.45, 2.75) is 63.4 Å². The predicted octanol–water partition coefficient (Wildman–Crippen LogP) is 7.23. The Morgan fingerprint density at radius 2 is 1.61 bits per heavy atom. The molecule has 2 amide bonds. The van der Waals surface area contributed by atoms with Crippen LogP contribution in [0, 0.1) is 6.92 Å². The molecule has 0 radical (unpaired) electrons. The van der Waals surface area contributed by atoms with Gasteiger partial charge in [-0.3, -0.25) is 9.59 Å². The largest absolute Gasteiger partial charge is 0.352 e. The van der Waals surface area contributed by atoms with Crippen LogP contribution in [0.5, 0.6) is 0 Å². The average Bonchev–Trinajstić information content (AvgIpc) is 3.41. The summed E-state index contributed by atoms with van der Waals surface area (Å²) in [7, 11) is 0. The molecule has 38 heavy (non-hydrogen) atoms. The van der Waals surface area contributed by atoms with Crippen molar-refractivity contribution in [1.29, 1.82) is 0 Å². The molecule has 7 heteroatoms. The maximum atomic E-state index is 13.8. The number of benzene rings is 3. The van der Waals surface area contributed by atoms with Gasteiger partial charge in [0.05, 0.1) is 5.75 Å². The zero-order valence-corrected chi connectivity index (χ0v) is 24.0. The summed E-state index contributed by atoms with van der Waals surface area (Å²) in [5, 5.41) is 4.43. The third-order valence-corrected chi connectivity index (χ3v) is 8.59. The fourth-order valence-corrected chi connectivity index (χ4v) is 6.57. The Morgan fingerprint density at radius 1 is 0.947 bits per heavy atom. The maximum absolute atomic E-state index is 13.8. The van der Waals surface area contributed by atoms with Crippen LogP contribution in [0.1, 0.15) is 47.9 Å². The fraction of sp³-hybridized carbons (Fsp3) is 0.355. The highest BCUT2D eigenvalue weighted by Crippen LogP contribution is 2.29. The zero-order chi connectivity index (χ0) is 26.9. The Hall–Kier alpha value is -2.47. The molecule has 200 valence electrons. The first-order valence-electron chi connectivity index (χ1n) is 13.1. The second kappa shape index (κ2) is 14.1. The quantitative estimate of drug-likeness (QED) is 0.265. The van der Waals surface area contributed by atoms with E-state index >= 15 is 0 Å². The third-order valence-electron chi connectivity index (χ3n) is 6.94. The molecule has 3 aromatic carbocycles. The standard InChI is InChI=1S/C31H34Cl2N2O2S/c1-22-9-7-12-24(17-22)19-35(30(36)21-38-20-26-27(32)15-8-16-28(26)33)29(18-23-10-3-2-4-11-23)31(37)34-25-13-5-6-14-25/h2-4,7-12,15-17,25,29H,5-6,13-14,18-21H2,1H3,(H,34,37). The maximum Gasteiger partial charge on any atom is 0.243 e. The van der Waals surface area contributed by atoms with E-state index in [-0.39, 0.29) is 23.6 Å². The molecule has 4 rings (SSSR count). The second-order valence-corrected chi connectivity index (χ2v) is 11.7. The van der Waals surface area contributed by atoms with E-state index in [2.05, 4.69) is 11.4 Å². The van der Waals surface area contributed by atoms with Crippen LogP contribution in [0.15, 0.2) is 72.8 Å². The lowest BCUT2D eigenvalue weighted by atomic mass is 10.0. The van der Waals surface area contributed by atoms with Crippen LogP contribution >= 0.6 is 35.0 Å². The van der Waals surface area contributed by atoms with Crippen molar-refractivity contribution in [3.05, 3.63) is 105 Å². The zero-order valence-electron chi connectivity index (χ0n) is 21.7. The molecular weight excluding hydrogens is 535 g/mol. The normalized spacial score (nSPS) is 14.3. The number of nitrogens with zero attached hydrogens (tertiary/aromatic N) is 1. The summed E-state index contributed by atoms with van der Waals surface area (Å²) < 4.78 is 0. The van der Waals surface area contributed by atoms with Crippen LogP contribution in [0.4, 0.5) is 0 Å². The summed E-state index contributed by atoms with van der Waals surface area (Å²) in [6.07, 6.45) is 4.69. The van der Waals surface area contributed by atoms with E-state index < -0.39 is 6.04 Å². The summed E-state index contributed by atoms with van der Waals surface area (Å²) in [4.78, 5) is 29.3. The van der Waals surface area contributed by atoms with Crippen LogP contribution in [0.2, 0.25) is 10.0 Å². The van der Waals surface area contributed by atoms with Crippen molar-refractivity contribution in [2.24, 2.45) is 0 Å². The first-order valence-corrected chi connectivity index (χ1v) is 15.0. The Morgan fingerprint density at radius 3 is 2.29 bits per heavy atom. The van der Waals surface area contributed by atoms with Crippen LogP contribution < -0.4 is 5.32 Å². The van der Waals surface area contributed by atoms with Gasteiger partial charge in [-0.25, -0.2) is 0 Å². The molecule has 1 saturated carbocycles. The monoisotopic (exact) mass is 568 g/mol. The lowest BCUT2D eigenvalue weighted by molar-refractivity contribution is -0.139. The third kappa shape index (κ3) is 8.02. The van der Waals surface area contributed by atoms with Gasteiger partial charge in [0.15, 0.2) is 0 Å². The molecule has 0 aromatic heterocycles. The van der Waals surface area contributed by atoms with E-state index in [0.29, 0.717) is 28.8 Å². The predicted molar refractivity (Wildman–Crippen MR) is 159 cm³/mol. The van der Waals surface area contributed by atoms with Gasteiger partial charge >= 0.3 is 0 Å². The summed E-state index contributed by atoms with van der Waals surface area (Å²) in [6, 6.07) is 23.0. The van der Waals surface area contributed by atoms with E-state index in [0.717, 1.165) is 47.9 Å². The first-order chi connectivity index (χ1) is 18.4. The number of hydrogen-bond acceptors (Lipinski definition) is 3. The summed E-state index contributed by atoms with van der Waals surface area (Å²) >= 11 is 14.2.